The van der Waals surface area contributed by atoms with Crippen LogP contribution in [0, 0.1) is 5.41 Å². The van der Waals surface area contributed by atoms with E-state index < -0.39 is 20.2 Å². The van der Waals surface area contributed by atoms with Gasteiger partial charge in [-0.15, -0.1) is 0 Å². The monoisotopic (exact) mass is 318 g/mol. The van der Waals surface area contributed by atoms with Crippen molar-refractivity contribution in [1.29, 1.82) is 0 Å². The Hall–Kier alpha value is 0.0569. The van der Waals surface area contributed by atoms with Gasteiger partial charge < -0.3 is 9.84 Å². The molecule has 0 aromatic heterocycles. The molecule has 0 aliphatic carbocycles. The predicted molar refractivity (Wildman–Crippen MR) is 87.4 cm³/mol. The molecule has 1 N–H and O–H groups in total. The summed E-state index contributed by atoms with van der Waals surface area (Å²) in [4.78, 5) is 5.90. The number of hydrogen-bond donors (Lipinski definition) is 1. The topological polar surface area (TPSA) is 47.9 Å². The lowest BCUT2D eigenvalue weighted by Crippen LogP contribution is -2.43. The number of rotatable bonds is 9. The maximum Gasteiger partial charge on any atom is 0.238 e. The van der Waals surface area contributed by atoms with Crippen molar-refractivity contribution in [2.45, 2.75) is 90.8 Å². The lowest BCUT2D eigenvalue weighted by atomic mass is 9.74. The summed E-state index contributed by atoms with van der Waals surface area (Å²) in [5, 5.41) is 10.2. The zero-order valence-corrected chi connectivity index (χ0v) is 15.7. The molecular weight excluding hydrogens is 284 g/mol. The smallest absolute Gasteiger partial charge is 0.238 e. The minimum Gasteiger partial charge on any atom is -0.367 e. The summed E-state index contributed by atoms with van der Waals surface area (Å²) in [6, 6.07) is 3.21. The third-order valence-corrected chi connectivity index (χ3v) is 9.56. The van der Waals surface area contributed by atoms with Crippen LogP contribution in [-0.4, -0.2) is 31.9 Å². The molecule has 5 heteroatoms. The Morgan fingerprint density at radius 2 is 1.76 bits per heavy atom. The zero-order valence-electron chi connectivity index (χ0n) is 14.7. The molecule has 0 radical (unpaired) electrons. The molecule has 0 aromatic rings. The van der Waals surface area contributed by atoms with Crippen LogP contribution in [0.2, 0.25) is 18.1 Å². The van der Waals surface area contributed by atoms with Crippen molar-refractivity contribution >= 4 is 8.32 Å². The summed E-state index contributed by atoms with van der Waals surface area (Å²) in [7, 11) is -1.75. The Labute approximate surface area is 131 Å². The summed E-state index contributed by atoms with van der Waals surface area (Å²) in [5.74, 6) is 0. The van der Waals surface area contributed by atoms with Gasteiger partial charge in [0.15, 0.2) is 6.29 Å². The lowest BCUT2D eigenvalue weighted by molar-refractivity contribution is -0.304. The Morgan fingerprint density at radius 3 is 2.14 bits per heavy atom. The normalized spacial score (nSPS) is 27.3. The van der Waals surface area contributed by atoms with Gasteiger partial charge in [0.2, 0.25) is 8.32 Å². The van der Waals surface area contributed by atoms with Crippen LogP contribution in [0.15, 0.2) is 0 Å². The van der Waals surface area contributed by atoms with Crippen LogP contribution in [0.1, 0.15) is 60.8 Å². The second kappa shape index (κ2) is 7.55. The van der Waals surface area contributed by atoms with Gasteiger partial charge in [-0.1, -0.05) is 27.7 Å². The molecule has 0 bridgehead atoms. The fraction of sp³-hybridized carbons (Fsp3) is 1.00. The molecule has 0 spiro atoms. The Kier molecular flexibility index (Phi) is 6.87. The molecule has 0 unspecified atom stereocenters. The van der Waals surface area contributed by atoms with Gasteiger partial charge in [-0.2, -0.15) is 0 Å². The zero-order chi connectivity index (χ0) is 16.1. The first kappa shape index (κ1) is 19.1. The second-order valence-corrected chi connectivity index (χ2v) is 11.7. The van der Waals surface area contributed by atoms with E-state index in [2.05, 4.69) is 41.5 Å². The molecule has 4 nitrogen and oxygen atoms in total. The molecule has 126 valence electrons. The third kappa shape index (κ3) is 4.52. The van der Waals surface area contributed by atoms with Crippen LogP contribution in [0.3, 0.4) is 0 Å². The lowest BCUT2D eigenvalue weighted by Gasteiger charge is -2.39. The fourth-order valence-electron chi connectivity index (χ4n) is 3.33. The van der Waals surface area contributed by atoms with E-state index >= 15 is 0 Å². The fourth-order valence-corrected chi connectivity index (χ4v) is 5.59. The number of aliphatic hydroxyl groups excluding tert-OH is 1. The van der Waals surface area contributed by atoms with E-state index in [1.165, 1.54) is 0 Å². The van der Waals surface area contributed by atoms with Crippen LogP contribution in [0.4, 0.5) is 0 Å². The van der Waals surface area contributed by atoms with Gasteiger partial charge in [-0.25, -0.2) is 4.89 Å². The molecule has 1 aliphatic heterocycles. The van der Waals surface area contributed by atoms with Crippen LogP contribution in [0.25, 0.3) is 0 Å². The minimum absolute atomic E-state index is 0.207. The molecule has 0 aromatic carbocycles. The van der Waals surface area contributed by atoms with Crippen LogP contribution < -0.4 is 0 Å². The first-order valence-corrected chi connectivity index (χ1v) is 11.0. The summed E-state index contributed by atoms with van der Waals surface area (Å²) < 4.78 is 11.4. The van der Waals surface area contributed by atoms with E-state index in [4.69, 9.17) is 14.2 Å². The molecular formula is C16H34O4Si. The van der Waals surface area contributed by atoms with Crippen molar-refractivity contribution in [3.8, 4) is 0 Å². The molecule has 21 heavy (non-hydrogen) atoms. The van der Waals surface area contributed by atoms with E-state index in [-0.39, 0.29) is 5.41 Å². The van der Waals surface area contributed by atoms with E-state index in [1.807, 2.05) is 0 Å². The van der Waals surface area contributed by atoms with Gasteiger partial charge in [-0.3, -0.25) is 4.58 Å². The number of hydrogen-bond acceptors (Lipinski definition) is 4. The first-order chi connectivity index (χ1) is 9.78. The standard InChI is InChI=1S/C16H34O4Si/c1-7-16(11-12-18-14(16)17)13-15(5,6)19-20-21(8-2,9-3)10-4/h14,17H,7-13H2,1-6H3/t14-,16-/m1/s1. The van der Waals surface area contributed by atoms with Crippen LogP contribution in [0.5, 0.6) is 0 Å². The first-order valence-electron chi connectivity index (χ1n) is 8.45. The van der Waals surface area contributed by atoms with E-state index in [9.17, 15) is 5.11 Å². The van der Waals surface area contributed by atoms with Gasteiger partial charge in [0.05, 0.1) is 12.2 Å². The number of aliphatic hydroxyl groups is 1. The molecule has 1 rings (SSSR count). The molecule has 0 saturated carbocycles. The highest BCUT2D eigenvalue weighted by molar-refractivity contribution is 6.73. The Morgan fingerprint density at radius 1 is 1.19 bits per heavy atom. The summed E-state index contributed by atoms with van der Waals surface area (Å²) in [6.07, 6.45) is 1.84. The van der Waals surface area contributed by atoms with E-state index in [0.29, 0.717) is 6.61 Å². The van der Waals surface area contributed by atoms with Gasteiger partial charge in [-0.05, 0) is 51.2 Å². The van der Waals surface area contributed by atoms with Crippen molar-refractivity contribution in [3.63, 3.8) is 0 Å². The van der Waals surface area contributed by atoms with Crippen molar-refractivity contribution in [3.05, 3.63) is 0 Å². The van der Waals surface area contributed by atoms with E-state index in [0.717, 1.165) is 37.4 Å². The van der Waals surface area contributed by atoms with Crippen molar-refractivity contribution in [2.75, 3.05) is 6.61 Å². The third-order valence-electron chi connectivity index (χ3n) is 5.26. The van der Waals surface area contributed by atoms with Crippen molar-refractivity contribution < 1.29 is 19.3 Å². The van der Waals surface area contributed by atoms with Gasteiger partial charge in [0.25, 0.3) is 0 Å². The van der Waals surface area contributed by atoms with Crippen LogP contribution in [-0.2, 0) is 14.2 Å². The average molecular weight is 319 g/mol. The van der Waals surface area contributed by atoms with Gasteiger partial charge in [0.1, 0.15) is 0 Å². The highest BCUT2D eigenvalue weighted by atomic mass is 28.4. The van der Waals surface area contributed by atoms with E-state index in [1.54, 1.807) is 0 Å². The molecule has 2 atom stereocenters. The quantitative estimate of drug-likeness (QED) is 0.392. The molecule has 1 saturated heterocycles. The number of ether oxygens (including phenoxy) is 1. The van der Waals surface area contributed by atoms with Crippen molar-refractivity contribution in [2.24, 2.45) is 5.41 Å². The highest BCUT2D eigenvalue weighted by Gasteiger charge is 2.46. The SMILES string of the molecule is CC[C@]1(CC(C)(C)OO[Si](CC)(CC)CC)CCO[C@H]1O. The molecule has 1 aliphatic rings. The minimum atomic E-state index is -1.75. The largest absolute Gasteiger partial charge is 0.367 e. The highest BCUT2D eigenvalue weighted by Crippen LogP contribution is 2.44. The second-order valence-electron chi connectivity index (χ2n) is 7.04. The summed E-state index contributed by atoms with van der Waals surface area (Å²) in [6.45, 7) is 13.4. The van der Waals surface area contributed by atoms with Crippen molar-refractivity contribution in [1.82, 2.24) is 0 Å². The maximum absolute atomic E-state index is 10.2. The van der Waals surface area contributed by atoms with Gasteiger partial charge in [0, 0.05) is 5.41 Å². The Bertz CT molecular complexity index is 309. The van der Waals surface area contributed by atoms with Crippen LogP contribution >= 0.6 is 0 Å². The predicted octanol–water partition coefficient (Wildman–Crippen LogP) is 4.24. The average Bonchev–Trinajstić information content (AvgIpc) is 2.82. The maximum atomic E-state index is 10.2. The molecule has 1 fully saturated rings. The molecule has 0 amide bonds. The Balaban J connectivity index is 2.68. The van der Waals surface area contributed by atoms with Gasteiger partial charge >= 0.3 is 0 Å². The summed E-state index contributed by atoms with van der Waals surface area (Å²) >= 11 is 0. The molecule has 1 heterocycles. The summed E-state index contributed by atoms with van der Waals surface area (Å²) in [5.41, 5.74) is -0.621.